The van der Waals surface area contributed by atoms with Crippen LogP contribution in [-0.2, 0) is 4.74 Å². The van der Waals surface area contributed by atoms with E-state index in [-0.39, 0.29) is 30.7 Å². The molecule has 0 radical (unpaired) electrons. The van der Waals surface area contributed by atoms with Gasteiger partial charge in [0.1, 0.15) is 6.61 Å². The van der Waals surface area contributed by atoms with Crippen LogP contribution >= 0.6 is 12.4 Å². The molecule has 30 heavy (non-hydrogen) atoms. The predicted octanol–water partition coefficient (Wildman–Crippen LogP) is 2.17. The van der Waals surface area contributed by atoms with Crippen LogP contribution in [0.4, 0.5) is 5.69 Å². The maximum Gasteiger partial charge on any atom is 0.289 e. The lowest BCUT2D eigenvalue weighted by molar-refractivity contribution is -0.00000664. The molecule has 2 aliphatic rings. The summed E-state index contributed by atoms with van der Waals surface area (Å²) >= 11 is 0. The Hall–Kier alpha value is -2.29. The van der Waals surface area contributed by atoms with Crippen molar-refractivity contribution in [1.82, 2.24) is 4.90 Å². The van der Waals surface area contributed by atoms with Crippen molar-refractivity contribution in [3.05, 3.63) is 101 Å². The molecule has 0 N–H and O–H groups in total. The van der Waals surface area contributed by atoms with Gasteiger partial charge in [-0.2, -0.15) is 0 Å². The van der Waals surface area contributed by atoms with Gasteiger partial charge in [-0.05, 0) is 38.2 Å². The zero-order valence-electron chi connectivity index (χ0n) is 17.6. The number of nitrogens with zero attached hydrogens (tertiary/aromatic N) is 2. The van der Waals surface area contributed by atoms with Crippen molar-refractivity contribution in [1.29, 1.82) is 0 Å². The summed E-state index contributed by atoms with van der Waals surface area (Å²) in [6.45, 7) is 4.66. The Morgan fingerprint density at radius 2 is 1.70 bits per heavy atom. The number of ether oxygens (including phenoxy) is 1. The SMILES string of the molecule is CCN1C2=C([C+]=C(OCCN(C)C)C=C2)C(c2ccccc2)c2ccccc21.Cl.[Cl-]. The summed E-state index contributed by atoms with van der Waals surface area (Å²) in [4.78, 5) is 4.50. The smallest absolute Gasteiger partial charge is 0.289 e. The molecule has 1 heterocycles. The summed E-state index contributed by atoms with van der Waals surface area (Å²) in [5.41, 5.74) is 6.29. The molecule has 0 fully saturated rings. The molecule has 1 atom stereocenters. The largest absolute Gasteiger partial charge is 1.00 e. The van der Waals surface area contributed by atoms with Crippen LogP contribution in [0.25, 0.3) is 0 Å². The van der Waals surface area contributed by atoms with Crippen molar-refractivity contribution in [2.24, 2.45) is 0 Å². The highest BCUT2D eigenvalue weighted by Crippen LogP contribution is 2.46. The number of hydrogen-bond donors (Lipinski definition) is 0. The number of likely N-dealkylation sites (N-methyl/N-ethyl adjacent to an activating group) is 2. The van der Waals surface area contributed by atoms with Crippen LogP contribution in [0.15, 0.2) is 83.8 Å². The third-order valence-electron chi connectivity index (χ3n) is 5.29. The van der Waals surface area contributed by atoms with E-state index in [1.54, 1.807) is 0 Å². The Labute approximate surface area is 192 Å². The quantitative estimate of drug-likeness (QED) is 0.637. The molecular weight excluding hydrogens is 415 g/mol. The summed E-state index contributed by atoms with van der Waals surface area (Å²) in [5.74, 6) is 0.976. The summed E-state index contributed by atoms with van der Waals surface area (Å²) in [6.07, 6.45) is 7.85. The van der Waals surface area contributed by atoms with Gasteiger partial charge in [0.15, 0.2) is 11.3 Å². The normalized spacial score (nSPS) is 16.6. The van der Waals surface area contributed by atoms with Gasteiger partial charge in [-0.1, -0.05) is 48.5 Å². The molecule has 158 valence electrons. The van der Waals surface area contributed by atoms with E-state index in [4.69, 9.17) is 4.74 Å². The first-order valence-corrected chi connectivity index (χ1v) is 9.94. The van der Waals surface area contributed by atoms with E-state index >= 15 is 0 Å². The highest BCUT2D eigenvalue weighted by Gasteiger charge is 2.39. The Bertz CT molecular complexity index is 935. The standard InChI is InChI=1S/C25H27N2O.2ClH/c1-4-27-23-13-9-8-12-21(23)25(19-10-6-5-7-11-19)22-18-20(14-15-24(22)27)28-17-16-26(2)3;;/h5-15,25H,4,16-17H2,1-3H3;2*1H/q+1;;/p-1. The van der Waals surface area contributed by atoms with E-state index in [9.17, 15) is 0 Å². The number of halogens is 2. The number of fused-ring (bicyclic) bond motifs is 1. The monoisotopic (exact) mass is 442 g/mol. The van der Waals surface area contributed by atoms with Gasteiger partial charge < -0.3 is 22.0 Å². The van der Waals surface area contributed by atoms with Crippen LogP contribution in [0.1, 0.15) is 24.0 Å². The number of para-hydroxylation sites is 1. The first kappa shape index (κ1) is 24.0. The third-order valence-corrected chi connectivity index (χ3v) is 5.29. The van der Waals surface area contributed by atoms with Gasteiger partial charge in [0.25, 0.3) is 5.76 Å². The van der Waals surface area contributed by atoms with Gasteiger partial charge in [-0.15, -0.1) is 12.4 Å². The minimum atomic E-state index is 0. The Morgan fingerprint density at radius 1 is 1.00 bits per heavy atom. The number of rotatable bonds is 6. The lowest BCUT2D eigenvalue weighted by Crippen LogP contribution is -3.00. The zero-order valence-corrected chi connectivity index (χ0v) is 19.2. The summed E-state index contributed by atoms with van der Waals surface area (Å²) in [6, 6.07) is 19.4. The molecule has 0 spiro atoms. The van der Waals surface area contributed by atoms with Crippen LogP contribution in [0.5, 0.6) is 0 Å². The summed E-state index contributed by atoms with van der Waals surface area (Å²) in [5, 5.41) is 0. The molecule has 5 heteroatoms. The van der Waals surface area contributed by atoms with Crippen molar-refractivity contribution in [2.75, 3.05) is 38.7 Å². The van der Waals surface area contributed by atoms with E-state index in [1.807, 2.05) is 6.08 Å². The van der Waals surface area contributed by atoms with Gasteiger partial charge in [0.05, 0.1) is 29.8 Å². The number of benzene rings is 2. The van der Waals surface area contributed by atoms with Gasteiger partial charge in [-0.25, -0.2) is 0 Å². The second-order valence-electron chi connectivity index (χ2n) is 7.42. The fraction of sp³-hybridized carbons (Fsp3) is 0.280. The molecule has 3 nitrogen and oxygen atoms in total. The molecule has 1 unspecified atom stereocenters. The molecule has 1 aliphatic heterocycles. The number of anilines is 1. The van der Waals surface area contributed by atoms with Gasteiger partial charge >= 0.3 is 0 Å². The molecule has 0 bridgehead atoms. The zero-order chi connectivity index (χ0) is 19.5. The summed E-state index contributed by atoms with van der Waals surface area (Å²) < 4.78 is 6.01. The van der Waals surface area contributed by atoms with Crippen molar-refractivity contribution in [3.63, 3.8) is 0 Å². The second kappa shape index (κ2) is 10.7. The molecule has 4 rings (SSSR count). The average Bonchev–Trinajstić information content (AvgIpc) is 2.72. The minimum absolute atomic E-state index is 0. The topological polar surface area (TPSA) is 15.7 Å². The van der Waals surface area contributed by atoms with Crippen molar-refractivity contribution in [2.45, 2.75) is 12.8 Å². The predicted molar refractivity (Wildman–Crippen MR) is 122 cm³/mol. The average molecular weight is 443 g/mol. The van der Waals surface area contributed by atoms with E-state index in [0.717, 1.165) is 18.8 Å². The van der Waals surface area contributed by atoms with E-state index in [1.165, 1.54) is 28.1 Å². The second-order valence-corrected chi connectivity index (χ2v) is 7.42. The van der Waals surface area contributed by atoms with Gasteiger partial charge in [-0.3, -0.25) is 4.90 Å². The molecule has 0 amide bonds. The van der Waals surface area contributed by atoms with Crippen LogP contribution in [-0.4, -0.2) is 38.7 Å². The Balaban J connectivity index is 0.00000160. The lowest BCUT2D eigenvalue weighted by Gasteiger charge is -2.33. The van der Waals surface area contributed by atoms with Crippen molar-refractivity contribution < 1.29 is 17.1 Å². The minimum Gasteiger partial charge on any atom is -1.00 e. The fourth-order valence-corrected chi connectivity index (χ4v) is 3.96. The molecule has 2 aromatic carbocycles. The first-order valence-electron chi connectivity index (χ1n) is 9.94. The highest BCUT2D eigenvalue weighted by atomic mass is 35.5. The van der Waals surface area contributed by atoms with Crippen LogP contribution < -0.4 is 17.3 Å². The van der Waals surface area contributed by atoms with Crippen LogP contribution in [0, 0.1) is 6.08 Å². The summed E-state index contributed by atoms with van der Waals surface area (Å²) in [7, 11) is 4.11. The fourth-order valence-electron chi connectivity index (χ4n) is 3.96. The lowest BCUT2D eigenvalue weighted by atomic mass is 9.78. The maximum absolute atomic E-state index is 6.01. The van der Waals surface area contributed by atoms with Crippen LogP contribution in [0.3, 0.4) is 0 Å². The van der Waals surface area contributed by atoms with Crippen molar-refractivity contribution in [3.8, 4) is 0 Å². The van der Waals surface area contributed by atoms with E-state index in [2.05, 4.69) is 97.6 Å². The van der Waals surface area contributed by atoms with Crippen molar-refractivity contribution >= 4 is 18.1 Å². The first-order chi connectivity index (χ1) is 13.7. The highest BCUT2D eigenvalue weighted by molar-refractivity contribution is 5.85. The molecular formula is C25H28Cl2N2O. The molecule has 0 aromatic heterocycles. The number of allylic oxidation sites excluding steroid dienone is 4. The molecule has 2 aromatic rings. The Kier molecular flexibility index (Phi) is 8.52. The molecule has 0 saturated carbocycles. The van der Waals surface area contributed by atoms with Crippen LogP contribution in [0.2, 0.25) is 0 Å². The molecule has 1 aliphatic carbocycles. The van der Waals surface area contributed by atoms with Gasteiger partial charge in [0, 0.05) is 13.1 Å². The van der Waals surface area contributed by atoms with E-state index < -0.39 is 0 Å². The third kappa shape index (κ3) is 4.71. The number of hydrogen-bond acceptors (Lipinski definition) is 3. The van der Waals surface area contributed by atoms with E-state index in [0.29, 0.717) is 6.61 Å². The maximum atomic E-state index is 6.01. The Morgan fingerprint density at radius 3 is 2.40 bits per heavy atom. The molecule has 0 saturated heterocycles. The van der Waals surface area contributed by atoms with Gasteiger partial charge in [0.2, 0.25) is 0 Å².